The Morgan fingerprint density at radius 1 is 1.37 bits per heavy atom. The van der Waals surface area contributed by atoms with Crippen LogP contribution in [0.5, 0.6) is 11.5 Å². The Balaban J connectivity index is 1.68. The van der Waals surface area contributed by atoms with Gasteiger partial charge < -0.3 is 20.5 Å². The molecule has 3 N–H and O–H groups in total. The molecule has 1 aliphatic carbocycles. The van der Waals surface area contributed by atoms with E-state index in [0.717, 1.165) is 0 Å². The van der Waals surface area contributed by atoms with Gasteiger partial charge in [0.05, 0.1) is 5.56 Å². The monoisotopic (exact) mass is 262 g/mol. The summed E-state index contributed by atoms with van der Waals surface area (Å²) in [5.41, 5.74) is 6.49. The number of para-hydroxylation sites is 1. The first-order valence-electron chi connectivity index (χ1n) is 6.68. The van der Waals surface area contributed by atoms with E-state index >= 15 is 0 Å². The SMILES string of the molecule is NC(CNC(=O)c1cccc2c1OCCO2)C1CC1. The van der Waals surface area contributed by atoms with Gasteiger partial charge in [0.15, 0.2) is 11.5 Å². The lowest BCUT2D eigenvalue weighted by molar-refractivity contribution is 0.0939. The van der Waals surface area contributed by atoms with E-state index in [1.165, 1.54) is 12.8 Å². The van der Waals surface area contributed by atoms with Crippen LogP contribution in [0.15, 0.2) is 18.2 Å². The summed E-state index contributed by atoms with van der Waals surface area (Å²) in [4.78, 5) is 12.2. The summed E-state index contributed by atoms with van der Waals surface area (Å²) >= 11 is 0. The third kappa shape index (κ3) is 2.66. The highest BCUT2D eigenvalue weighted by atomic mass is 16.6. The zero-order chi connectivity index (χ0) is 13.2. The van der Waals surface area contributed by atoms with Crippen molar-refractivity contribution in [2.45, 2.75) is 18.9 Å². The fraction of sp³-hybridized carbons (Fsp3) is 0.500. The second-order valence-corrected chi connectivity index (χ2v) is 5.04. The molecule has 1 unspecified atom stereocenters. The lowest BCUT2D eigenvalue weighted by atomic mass is 10.1. The minimum Gasteiger partial charge on any atom is -0.486 e. The summed E-state index contributed by atoms with van der Waals surface area (Å²) in [6.07, 6.45) is 2.35. The number of nitrogens with one attached hydrogen (secondary N) is 1. The summed E-state index contributed by atoms with van der Waals surface area (Å²) in [6, 6.07) is 5.40. The van der Waals surface area contributed by atoms with E-state index < -0.39 is 0 Å². The molecule has 0 saturated heterocycles. The number of ether oxygens (including phenoxy) is 2. The summed E-state index contributed by atoms with van der Waals surface area (Å²) in [5.74, 6) is 1.58. The Bertz CT molecular complexity index is 486. The highest BCUT2D eigenvalue weighted by Crippen LogP contribution is 2.34. The van der Waals surface area contributed by atoms with Gasteiger partial charge in [0.25, 0.3) is 5.91 Å². The van der Waals surface area contributed by atoms with Crippen LogP contribution in [0.25, 0.3) is 0 Å². The summed E-state index contributed by atoms with van der Waals surface area (Å²) < 4.78 is 11.0. The predicted molar refractivity (Wildman–Crippen MR) is 70.5 cm³/mol. The lowest BCUT2D eigenvalue weighted by Crippen LogP contribution is -2.38. The van der Waals surface area contributed by atoms with Crippen molar-refractivity contribution in [3.8, 4) is 11.5 Å². The quantitative estimate of drug-likeness (QED) is 0.846. The number of hydrogen-bond acceptors (Lipinski definition) is 4. The molecule has 0 aromatic heterocycles. The molecule has 1 aromatic carbocycles. The first-order valence-corrected chi connectivity index (χ1v) is 6.68. The Morgan fingerprint density at radius 3 is 2.95 bits per heavy atom. The van der Waals surface area contributed by atoms with Crippen LogP contribution in [0, 0.1) is 5.92 Å². The maximum atomic E-state index is 12.2. The van der Waals surface area contributed by atoms with Crippen LogP contribution in [0.3, 0.4) is 0 Å². The first-order chi connectivity index (χ1) is 9.25. The van der Waals surface area contributed by atoms with Crippen molar-refractivity contribution in [2.24, 2.45) is 11.7 Å². The number of carbonyl (C=O) groups excluding carboxylic acids is 1. The molecule has 0 spiro atoms. The molecule has 19 heavy (non-hydrogen) atoms. The molecule has 102 valence electrons. The molecule has 0 bridgehead atoms. The zero-order valence-electron chi connectivity index (χ0n) is 10.7. The van der Waals surface area contributed by atoms with Crippen molar-refractivity contribution >= 4 is 5.91 Å². The molecule has 3 rings (SSSR count). The van der Waals surface area contributed by atoms with E-state index in [9.17, 15) is 4.79 Å². The largest absolute Gasteiger partial charge is 0.486 e. The van der Waals surface area contributed by atoms with Crippen LogP contribution in [0.2, 0.25) is 0 Å². The second-order valence-electron chi connectivity index (χ2n) is 5.04. The molecule has 1 fully saturated rings. The number of nitrogens with two attached hydrogens (primary N) is 1. The van der Waals surface area contributed by atoms with Crippen molar-refractivity contribution < 1.29 is 14.3 Å². The van der Waals surface area contributed by atoms with Gasteiger partial charge in [0.1, 0.15) is 13.2 Å². The molecule has 2 aliphatic rings. The van der Waals surface area contributed by atoms with Gasteiger partial charge in [-0.2, -0.15) is 0 Å². The van der Waals surface area contributed by atoms with E-state index in [0.29, 0.717) is 42.7 Å². The van der Waals surface area contributed by atoms with Crippen molar-refractivity contribution in [3.05, 3.63) is 23.8 Å². The average Bonchev–Trinajstić information content (AvgIpc) is 3.28. The molecule has 1 aliphatic heterocycles. The van der Waals surface area contributed by atoms with Crippen LogP contribution in [0.4, 0.5) is 0 Å². The molecule has 5 nitrogen and oxygen atoms in total. The molecule has 1 aromatic rings. The van der Waals surface area contributed by atoms with Crippen LogP contribution >= 0.6 is 0 Å². The third-order valence-electron chi connectivity index (χ3n) is 3.54. The van der Waals surface area contributed by atoms with Crippen molar-refractivity contribution in [3.63, 3.8) is 0 Å². The predicted octanol–water partition coefficient (Wildman–Crippen LogP) is 0.925. The average molecular weight is 262 g/mol. The molecule has 1 heterocycles. The van der Waals surface area contributed by atoms with E-state index in [1.54, 1.807) is 18.2 Å². The van der Waals surface area contributed by atoms with Gasteiger partial charge in [-0.1, -0.05) is 6.07 Å². The number of hydrogen-bond donors (Lipinski definition) is 2. The summed E-state index contributed by atoms with van der Waals surface area (Å²) in [5, 5.41) is 2.87. The number of benzene rings is 1. The minimum absolute atomic E-state index is 0.0562. The van der Waals surface area contributed by atoms with Crippen molar-refractivity contribution in [1.82, 2.24) is 5.32 Å². The molecule has 1 amide bonds. The molecule has 1 atom stereocenters. The fourth-order valence-electron chi connectivity index (χ4n) is 2.25. The van der Waals surface area contributed by atoms with E-state index in [2.05, 4.69) is 5.32 Å². The number of amides is 1. The van der Waals surface area contributed by atoms with Gasteiger partial charge in [-0.05, 0) is 30.9 Å². The van der Waals surface area contributed by atoms with Crippen LogP contribution in [0.1, 0.15) is 23.2 Å². The Morgan fingerprint density at radius 2 is 2.16 bits per heavy atom. The van der Waals surface area contributed by atoms with E-state index in [4.69, 9.17) is 15.2 Å². The number of rotatable bonds is 4. The summed E-state index contributed by atoms with van der Waals surface area (Å²) in [6.45, 7) is 1.50. The highest BCUT2D eigenvalue weighted by molar-refractivity contribution is 5.97. The molecule has 0 radical (unpaired) electrons. The molecule has 5 heteroatoms. The van der Waals surface area contributed by atoms with Crippen LogP contribution in [-0.4, -0.2) is 31.7 Å². The molecular formula is C14H18N2O3. The maximum absolute atomic E-state index is 12.2. The van der Waals surface area contributed by atoms with Crippen LogP contribution < -0.4 is 20.5 Å². The Hall–Kier alpha value is -1.75. The summed E-state index contributed by atoms with van der Waals surface area (Å²) in [7, 11) is 0. The van der Waals surface area contributed by atoms with Gasteiger partial charge in [-0.15, -0.1) is 0 Å². The maximum Gasteiger partial charge on any atom is 0.255 e. The van der Waals surface area contributed by atoms with Gasteiger partial charge in [-0.25, -0.2) is 0 Å². The standard InChI is InChI=1S/C14H18N2O3/c15-11(9-4-5-9)8-16-14(17)10-2-1-3-12-13(10)19-7-6-18-12/h1-3,9,11H,4-8,15H2,(H,16,17). The van der Waals surface area contributed by atoms with Gasteiger partial charge in [0, 0.05) is 12.6 Å². The minimum atomic E-state index is -0.154. The van der Waals surface area contributed by atoms with Crippen molar-refractivity contribution in [2.75, 3.05) is 19.8 Å². The van der Waals surface area contributed by atoms with Gasteiger partial charge >= 0.3 is 0 Å². The fourth-order valence-corrected chi connectivity index (χ4v) is 2.25. The topological polar surface area (TPSA) is 73.6 Å². The van der Waals surface area contributed by atoms with Crippen molar-refractivity contribution in [1.29, 1.82) is 0 Å². The normalized spacial score (nSPS) is 18.8. The molecular weight excluding hydrogens is 244 g/mol. The number of fused-ring (bicyclic) bond motifs is 1. The van der Waals surface area contributed by atoms with E-state index in [-0.39, 0.29) is 11.9 Å². The zero-order valence-corrected chi connectivity index (χ0v) is 10.7. The highest BCUT2D eigenvalue weighted by Gasteiger charge is 2.29. The smallest absolute Gasteiger partial charge is 0.255 e. The van der Waals surface area contributed by atoms with E-state index in [1.807, 2.05) is 0 Å². The van der Waals surface area contributed by atoms with Crippen LogP contribution in [-0.2, 0) is 0 Å². The second kappa shape index (κ2) is 5.09. The molecule has 1 saturated carbocycles. The third-order valence-corrected chi connectivity index (χ3v) is 3.54. The lowest BCUT2D eigenvalue weighted by Gasteiger charge is -2.21. The Kier molecular flexibility index (Phi) is 3.29. The van der Waals surface area contributed by atoms with Gasteiger partial charge in [-0.3, -0.25) is 4.79 Å². The number of carbonyl (C=O) groups is 1. The first kappa shape index (κ1) is 12.3. The van der Waals surface area contributed by atoms with Gasteiger partial charge in [0.2, 0.25) is 0 Å². The Labute approximate surface area is 112 Å².